The molecule has 1 aliphatic heterocycles. The van der Waals surface area contributed by atoms with Gasteiger partial charge in [-0.3, -0.25) is 0 Å². The number of aryl methyl sites for hydroxylation is 3. The minimum absolute atomic E-state index is 0.470. The Kier molecular flexibility index (Phi) is 4.66. The number of nitrogens with zero attached hydrogens (tertiary/aromatic N) is 3. The van der Waals surface area contributed by atoms with Crippen LogP contribution in [0.1, 0.15) is 62.5 Å². The van der Waals surface area contributed by atoms with E-state index in [0.717, 1.165) is 30.0 Å². The van der Waals surface area contributed by atoms with Crippen molar-refractivity contribution < 1.29 is 0 Å². The molecule has 2 aromatic heterocycles. The van der Waals surface area contributed by atoms with E-state index in [4.69, 9.17) is 9.97 Å². The van der Waals surface area contributed by atoms with Gasteiger partial charge in [0.15, 0.2) is 5.65 Å². The first kappa shape index (κ1) is 17.1. The lowest BCUT2D eigenvalue weighted by atomic mass is 9.93. The molecule has 1 unspecified atom stereocenters. The first-order valence-electron chi connectivity index (χ1n) is 9.90. The predicted molar refractivity (Wildman–Crippen MR) is 108 cm³/mol. The highest BCUT2D eigenvalue weighted by Gasteiger charge is 2.24. The van der Waals surface area contributed by atoms with Gasteiger partial charge in [-0.05, 0) is 44.2 Å². The van der Waals surface area contributed by atoms with Gasteiger partial charge in [-0.25, -0.2) is 9.97 Å². The van der Waals surface area contributed by atoms with Crippen molar-refractivity contribution in [2.24, 2.45) is 0 Å². The summed E-state index contributed by atoms with van der Waals surface area (Å²) < 4.78 is 2.40. The fourth-order valence-electron chi connectivity index (χ4n) is 4.30. The maximum atomic E-state index is 4.91. The van der Waals surface area contributed by atoms with Gasteiger partial charge >= 0.3 is 0 Å². The molecular weight excluding hydrogens is 320 g/mol. The molecule has 4 nitrogen and oxygen atoms in total. The Hall–Kier alpha value is -2.36. The summed E-state index contributed by atoms with van der Waals surface area (Å²) in [6.45, 7) is 7.75. The standard InChI is InChI=1S/C22H28N4/c1-4-10-15(2)19-16(3)23-22-21(26-14-9-8-13-18(26)25-22)20(19)24-17-11-6-5-7-12-17/h5-7,11-12,15H,4,8-10,13-14H2,1-3H3,(H,23,24). The molecular formula is C22H28N4. The van der Waals surface area contributed by atoms with E-state index in [1.165, 1.54) is 48.3 Å². The van der Waals surface area contributed by atoms with Crippen LogP contribution in [0.4, 0.5) is 11.4 Å². The van der Waals surface area contributed by atoms with E-state index in [0.29, 0.717) is 5.92 Å². The molecule has 0 bridgehead atoms. The number of fused-ring (bicyclic) bond motifs is 3. The molecule has 3 aromatic rings. The first-order valence-corrected chi connectivity index (χ1v) is 9.90. The van der Waals surface area contributed by atoms with Crippen LogP contribution in [0.5, 0.6) is 0 Å². The van der Waals surface area contributed by atoms with E-state index in [1.54, 1.807) is 0 Å². The van der Waals surface area contributed by atoms with E-state index < -0.39 is 0 Å². The molecule has 136 valence electrons. The number of para-hydroxylation sites is 1. The summed E-state index contributed by atoms with van der Waals surface area (Å²) in [5.74, 6) is 1.66. The monoisotopic (exact) mass is 348 g/mol. The average Bonchev–Trinajstić information content (AvgIpc) is 3.00. The van der Waals surface area contributed by atoms with Crippen LogP contribution in [0.2, 0.25) is 0 Å². The van der Waals surface area contributed by atoms with Gasteiger partial charge in [-0.2, -0.15) is 0 Å². The molecule has 0 spiro atoms. The zero-order chi connectivity index (χ0) is 18.1. The van der Waals surface area contributed by atoms with Crippen molar-refractivity contribution in [1.82, 2.24) is 14.5 Å². The number of nitrogens with one attached hydrogen (secondary N) is 1. The third-order valence-corrected chi connectivity index (χ3v) is 5.49. The van der Waals surface area contributed by atoms with Gasteiger partial charge in [0.2, 0.25) is 0 Å². The Morgan fingerprint density at radius 3 is 2.73 bits per heavy atom. The number of pyridine rings is 1. The van der Waals surface area contributed by atoms with Crippen LogP contribution in [0.15, 0.2) is 30.3 Å². The summed E-state index contributed by atoms with van der Waals surface area (Å²) in [4.78, 5) is 9.79. The van der Waals surface area contributed by atoms with Crippen molar-refractivity contribution in [2.75, 3.05) is 5.32 Å². The fraction of sp³-hybridized carbons (Fsp3) is 0.455. The molecule has 1 N–H and O–H groups in total. The maximum Gasteiger partial charge on any atom is 0.180 e. The molecule has 0 saturated heterocycles. The second-order valence-corrected chi connectivity index (χ2v) is 7.48. The number of hydrogen-bond acceptors (Lipinski definition) is 3. The van der Waals surface area contributed by atoms with E-state index in [-0.39, 0.29) is 0 Å². The van der Waals surface area contributed by atoms with Crippen LogP contribution in [-0.2, 0) is 13.0 Å². The van der Waals surface area contributed by atoms with Gasteiger partial charge < -0.3 is 9.88 Å². The number of imidazole rings is 1. The number of aromatic nitrogens is 3. The van der Waals surface area contributed by atoms with Crippen molar-refractivity contribution in [3.05, 3.63) is 47.4 Å². The van der Waals surface area contributed by atoms with Gasteiger partial charge in [0.05, 0.1) is 5.69 Å². The first-order chi connectivity index (χ1) is 12.7. The summed E-state index contributed by atoms with van der Waals surface area (Å²) in [5, 5.41) is 3.73. The summed E-state index contributed by atoms with van der Waals surface area (Å²) in [5.41, 5.74) is 6.86. The van der Waals surface area contributed by atoms with Crippen molar-refractivity contribution in [3.8, 4) is 0 Å². The van der Waals surface area contributed by atoms with Crippen LogP contribution in [0.3, 0.4) is 0 Å². The fourth-order valence-corrected chi connectivity index (χ4v) is 4.30. The molecule has 4 rings (SSSR count). The lowest BCUT2D eigenvalue weighted by Gasteiger charge is -2.22. The van der Waals surface area contributed by atoms with E-state index in [1.807, 2.05) is 0 Å². The molecule has 0 aliphatic carbocycles. The highest BCUT2D eigenvalue weighted by atomic mass is 15.1. The van der Waals surface area contributed by atoms with Gasteiger partial charge in [0, 0.05) is 29.9 Å². The average molecular weight is 348 g/mol. The Balaban J connectivity index is 1.95. The number of rotatable bonds is 5. The lowest BCUT2D eigenvalue weighted by molar-refractivity contribution is 0.533. The molecule has 0 saturated carbocycles. The molecule has 1 aliphatic rings. The number of hydrogen-bond donors (Lipinski definition) is 1. The van der Waals surface area contributed by atoms with E-state index in [9.17, 15) is 0 Å². The molecule has 1 aromatic carbocycles. The van der Waals surface area contributed by atoms with Crippen molar-refractivity contribution in [1.29, 1.82) is 0 Å². The quantitative estimate of drug-likeness (QED) is 0.641. The minimum atomic E-state index is 0.470. The minimum Gasteiger partial charge on any atom is -0.353 e. The van der Waals surface area contributed by atoms with Gasteiger partial charge in [-0.1, -0.05) is 38.5 Å². The second-order valence-electron chi connectivity index (χ2n) is 7.48. The van der Waals surface area contributed by atoms with Crippen LogP contribution in [0, 0.1) is 6.92 Å². The Morgan fingerprint density at radius 2 is 1.96 bits per heavy atom. The predicted octanol–water partition coefficient (Wildman–Crippen LogP) is 5.72. The van der Waals surface area contributed by atoms with Crippen molar-refractivity contribution in [3.63, 3.8) is 0 Å². The third kappa shape index (κ3) is 2.98. The Bertz CT molecular complexity index is 911. The zero-order valence-corrected chi connectivity index (χ0v) is 16.0. The summed E-state index contributed by atoms with van der Waals surface area (Å²) >= 11 is 0. The van der Waals surface area contributed by atoms with Crippen LogP contribution in [0.25, 0.3) is 11.2 Å². The Morgan fingerprint density at radius 1 is 1.15 bits per heavy atom. The summed E-state index contributed by atoms with van der Waals surface area (Å²) in [6, 6.07) is 10.5. The van der Waals surface area contributed by atoms with E-state index in [2.05, 4.69) is 61.0 Å². The van der Waals surface area contributed by atoms with Crippen LogP contribution in [-0.4, -0.2) is 14.5 Å². The zero-order valence-electron chi connectivity index (χ0n) is 16.0. The maximum absolute atomic E-state index is 4.91. The molecule has 0 fully saturated rings. The SMILES string of the molecule is CCCC(C)c1c(C)nc2nc3n(c2c1Nc1ccccc1)CCCC3. The number of anilines is 2. The molecule has 1 atom stereocenters. The lowest BCUT2D eigenvalue weighted by Crippen LogP contribution is -2.12. The normalized spacial score (nSPS) is 15.0. The highest BCUT2D eigenvalue weighted by molar-refractivity contribution is 5.91. The number of benzene rings is 1. The molecule has 3 heterocycles. The van der Waals surface area contributed by atoms with E-state index >= 15 is 0 Å². The second kappa shape index (κ2) is 7.10. The molecule has 4 heteroatoms. The van der Waals surface area contributed by atoms with Gasteiger partial charge in [0.1, 0.15) is 11.3 Å². The topological polar surface area (TPSA) is 42.7 Å². The Labute approximate surface area is 155 Å². The molecule has 26 heavy (non-hydrogen) atoms. The largest absolute Gasteiger partial charge is 0.353 e. The smallest absolute Gasteiger partial charge is 0.180 e. The third-order valence-electron chi connectivity index (χ3n) is 5.49. The molecule has 0 radical (unpaired) electrons. The van der Waals surface area contributed by atoms with Crippen LogP contribution < -0.4 is 5.32 Å². The van der Waals surface area contributed by atoms with Gasteiger partial charge in [0.25, 0.3) is 0 Å². The van der Waals surface area contributed by atoms with Crippen molar-refractivity contribution >= 4 is 22.5 Å². The molecule has 0 amide bonds. The van der Waals surface area contributed by atoms with Crippen LogP contribution >= 0.6 is 0 Å². The summed E-state index contributed by atoms with van der Waals surface area (Å²) in [7, 11) is 0. The van der Waals surface area contributed by atoms with Gasteiger partial charge in [-0.15, -0.1) is 0 Å². The van der Waals surface area contributed by atoms with Crippen molar-refractivity contribution in [2.45, 2.75) is 65.3 Å². The highest BCUT2D eigenvalue weighted by Crippen LogP contribution is 2.38. The summed E-state index contributed by atoms with van der Waals surface area (Å²) in [6.07, 6.45) is 5.84.